The largest absolute Gasteiger partial charge is 0.376 e. The quantitative estimate of drug-likeness (QED) is 0.529. The van der Waals surface area contributed by atoms with Crippen LogP contribution >= 0.6 is 0 Å². The fourth-order valence-corrected chi connectivity index (χ4v) is 1.16. The van der Waals surface area contributed by atoms with E-state index in [4.69, 9.17) is 10.5 Å². The van der Waals surface area contributed by atoms with Gasteiger partial charge in [-0.25, -0.2) is 0 Å². The fourth-order valence-electron chi connectivity index (χ4n) is 1.16. The highest BCUT2D eigenvalue weighted by molar-refractivity contribution is 5.07. The lowest BCUT2D eigenvalue weighted by Gasteiger charge is -2.31. The summed E-state index contributed by atoms with van der Waals surface area (Å²) in [5, 5.41) is 0. The highest BCUT2D eigenvalue weighted by atomic mass is 16.5. The molecule has 0 aromatic carbocycles. The summed E-state index contributed by atoms with van der Waals surface area (Å²) in [6.45, 7) is 0.934. The Balaban J connectivity index is 1.95. The van der Waals surface area contributed by atoms with Gasteiger partial charge in [0.15, 0.2) is 0 Å². The monoisotopic (exact) mass is 113 g/mol. The Kier molecular flexibility index (Phi) is 0.746. The van der Waals surface area contributed by atoms with Crippen molar-refractivity contribution in [3.8, 4) is 0 Å². The first-order valence-electron chi connectivity index (χ1n) is 3.22. The summed E-state index contributed by atoms with van der Waals surface area (Å²) in [7, 11) is 0. The van der Waals surface area contributed by atoms with Crippen LogP contribution in [0.4, 0.5) is 0 Å². The molecule has 1 aliphatic heterocycles. The molecule has 1 atom stereocenters. The van der Waals surface area contributed by atoms with Crippen molar-refractivity contribution >= 4 is 0 Å². The Bertz CT molecular complexity index is 105. The van der Waals surface area contributed by atoms with Gasteiger partial charge in [-0.15, -0.1) is 0 Å². The fraction of sp³-hybridized carbons (Fsp3) is 1.00. The van der Waals surface area contributed by atoms with E-state index in [1.54, 1.807) is 0 Å². The molecule has 0 aromatic heterocycles. The molecule has 2 heteroatoms. The van der Waals surface area contributed by atoms with Crippen LogP contribution in [0, 0.1) is 0 Å². The van der Waals surface area contributed by atoms with Gasteiger partial charge < -0.3 is 10.5 Å². The van der Waals surface area contributed by atoms with Crippen molar-refractivity contribution in [3.63, 3.8) is 0 Å². The third-order valence-corrected chi connectivity index (χ3v) is 2.17. The van der Waals surface area contributed by atoms with Gasteiger partial charge in [0.25, 0.3) is 0 Å². The number of rotatable bonds is 1. The van der Waals surface area contributed by atoms with Crippen molar-refractivity contribution in [2.24, 2.45) is 5.73 Å². The van der Waals surface area contributed by atoms with E-state index in [9.17, 15) is 0 Å². The van der Waals surface area contributed by atoms with Crippen LogP contribution in [0.2, 0.25) is 0 Å². The summed E-state index contributed by atoms with van der Waals surface area (Å²) in [6.07, 6.45) is 3.97. The van der Waals surface area contributed by atoms with Crippen molar-refractivity contribution in [3.05, 3.63) is 0 Å². The maximum absolute atomic E-state index is 5.83. The smallest absolute Gasteiger partial charge is 0.0776 e. The lowest BCUT2D eigenvalue weighted by atomic mass is 10.0. The zero-order valence-corrected chi connectivity index (χ0v) is 4.89. The molecule has 2 nitrogen and oxygen atoms in total. The standard InChI is InChI=1S/C6H11NO/c7-6(2-3-6)5-1-4-8-5/h5H,1-4,7H2. The van der Waals surface area contributed by atoms with E-state index in [-0.39, 0.29) is 5.54 Å². The Labute approximate surface area is 49.0 Å². The first-order valence-corrected chi connectivity index (χ1v) is 3.22. The van der Waals surface area contributed by atoms with E-state index in [1.807, 2.05) is 0 Å². The highest BCUT2D eigenvalue weighted by Gasteiger charge is 2.49. The first kappa shape index (κ1) is 4.77. The van der Waals surface area contributed by atoms with Crippen LogP contribution in [-0.2, 0) is 4.74 Å². The third-order valence-electron chi connectivity index (χ3n) is 2.17. The molecule has 1 unspecified atom stereocenters. The topological polar surface area (TPSA) is 35.2 Å². The molecule has 8 heavy (non-hydrogen) atoms. The SMILES string of the molecule is NC1(C2CCO2)CC1. The van der Waals surface area contributed by atoms with Crippen LogP contribution in [-0.4, -0.2) is 18.2 Å². The second kappa shape index (κ2) is 1.25. The van der Waals surface area contributed by atoms with Crippen molar-refractivity contribution in [2.75, 3.05) is 6.61 Å². The molecule has 1 heterocycles. The van der Waals surface area contributed by atoms with Crippen LogP contribution in [0.3, 0.4) is 0 Å². The van der Waals surface area contributed by atoms with Crippen molar-refractivity contribution < 1.29 is 4.74 Å². The maximum Gasteiger partial charge on any atom is 0.0776 e. The summed E-state index contributed by atoms with van der Waals surface area (Å²) in [4.78, 5) is 0. The van der Waals surface area contributed by atoms with E-state index in [0.717, 1.165) is 6.61 Å². The second-order valence-electron chi connectivity index (χ2n) is 2.88. The van der Waals surface area contributed by atoms with E-state index in [2.05, 4.69) is 0 Å². The minimum atomic E-state index is 0.123. The summed E-state index contributed by atoms with van der Waals surface area (Å²) < 4.78 is 5.23. The number of hydrogen-bond acceptors (Lipinski definition) is 2. The predicted octanol–water partition coefficient (Wildman–Crippen LogP) is 0.267. The molecular weight excluding hydrogens is 102 g/mol. The Hall–Kier alpha value is -0.0800. The van der Waals surface area contributed by atoms with Gasteiger partial charge in [0.1, 0.15) is 0 Å². The van der Waals surface area contributed by atoms with Gasteiger partial charge in [-0.3, -0.25) is 0 Å². The van der Waals surface area contributed by atoms with Crippen molar-refractivity contribution in [2.45, 2.75) is 30.9 Å². The number of hydrogen-bond donors (Lipinski definition) is 1. The molecule has 2 aliphatic rings. The molecule has 1 aliphatic carbocycles. The first-order chi connectivity index (χ1) is 3.81. The van der Waals surface area contributed by atoms with Crippen molar-refractivity contribution in [1.29, 1.82) is 0 Å². The van der Waals surface area contributed by atoms with Crippen LogP contribution in [0.1, 0.15) is 19.3 Å². The van der Waals surface area contributed by atoms with Crippen molar-refractivity contribution in [1.82, 2.24) is 0 Å². The van der Waals surface area contributed by atoms with E-state index >= 15 is 0 Å². The molecule has 2 fully saturated rings. The lowest BCUT2D eigenvalue weighted by molar-refractivity contribution is -0.0707. The van der Waals surface area contributed by atoms with Gasteiger partial charge in [0.2, 0.25) is 0 Å². The Morgan fingerprint density at radius 2 is 2.12 bits per heavy atom. The van der Waals surface area contributed by atoms with Gasteiger partial charge in [0.05, 0.1) is 6.10 Å². The molecular formula is C6H11NO. The molecule has 2 rings (SSSR count). The van der Waals surface area contributed by atoms with Gasteiger partial charge in [-0.2, -0.15) is 0 Å². The van der Waals surface area contributed by atoms with Gasteiger partial charge >= 0.3 is 0 Å². The number of nitrogens with two attached hydrogens (primary N) is 1. The average Bonchev–Trinajstić information content (AvgIpc) is 2.12. The molecule has 0 amide bonds. The van der Waals surface area contributed by atoms with E-state index in [1.165, 1.54) is 19.3 Å². The maximum atomic E-state index is 5.83. The molecule has 2 N–H and O–H groups in total. The van der Waals surface area contributed by atoms with Gasteiger partial charge in [-0.1, -0.05) is 0 Å². The zero-order chi connectivity index (χ0) is 5.61. The third kappa shape index (κ3) is 0.501. The lowest BCUT2D eigenvalue weighted by Crippen LogP contribution is -2.45. The molecule has 0 radical (unpaired) electrons. The minimum absolute atomic E-state index is 0.123. The van der Waals surface area contributed by atoms with Crippen LogP contribution in [0.25, 0.3) is 0 Å². The predicted molar refractivity (Wildman–Crippen MR) is 30.5 cm³/mol. The summed E-state index contributed by atoms with van der Waals surface area (Å²) in [5.41, 5.74) is 5.95. The normalized spacial score (nSPS) is 40.9. The molecule has 1 saturated carbocycles. The summed E-state index contributed by atoms with van der Waals surface area (Å²) >= 11 is 0. The summed E-state index contributed by atoms with van der Waals surface area (Å²) in [5.74, 6) is 0. The van der Waals surface area contributed by atoms with E-state index < -0.39 is 0 Å². The average molecular weight is 113 g/mol. The number of ether oxygens (including phenoxy) is 1. The highest BCUT2D eigenvalue weighted by Crippen LogP contribution is 2.41. The second-order valence-corrected chi connectivity index (χ2v) is 2.88. The molecule has 0 bridgehead atoms. The van der Waals surface area contributed by atoms with E-state index in [0.29, 0.717) is 6.10 Å². The Morgan fingerprint density at radius 1 is 1.50 bits per heavy atom. The van der Waals surface area contributed by atoms with Crippen LogP contribution in [0.15, 0.2) is 0 Å². The van der Waals surface area contributed by atoms with Crippen LogP contribution in [0.5, 0.6) is 0 Å². The van der Waals surface area contributed by atoms with Gasteiger partial charge in [-0.05, 0) is 19.3 Å². The van der Waals surface area contributed by atoms with Gasteiger partial charge in [0, 0.05) is 12.1 Å². The zero-order valence-electron chi connectivity index (χ0n) is 4.89. The Morgan fingerprint density at radius 3 is 2.25 bits per heavy atom. The van der Waals surface area contributed by atoms with Crippen LogP contribution < -0.4 is 5.73 Å². The molecule has 0 spiro atoms. The molecule has 46 valence electrons. The summed E-state index contributed by atoms with van der Waals surface area (Å²) in [6, 6.07) is 0. The minimum Gasteiger partial charge on any atom is -0.376 e. The molecule has 1 saturated heterocycles. The molecule has 0 aromatic rings.